The first-order chi connectivity index (χ1) is 8.83. The molecule has 2 aliphatic heterocycles. The summed E-state index contributed by atoms with van der Waals surface area (Å²) in [6.07, 6.45) is 1.01. The van der Waals surface area contributed by atoms with Crippen LogP contribution in [0.3, 0.4) is 0 Å². The summed E-state index contributed by atoms with van der Waals surface area (Å²) in [7, 11) is -3.19. The molecule has 2 unspecified atom stereocenters. The van der Waals surface area contributed by atoms with Crippen LogP contribution in [0.15, 0.2) is 18.2 Å². The van der Waals surface area contributed by atoms with E-state index in [1.54, 1.807) is 0 Å². The van der Waals surface area contributed by atoms with Crippen molar-refractivity contribution < 1.29 is 22.3 Å². The van der Waals surface area contributed by atoms with Crippen LogP contribution in [-0.2, 0) is 15.4 Å². The minimum atomic E-state index is -3.19. The highest BCUT2D eigenvalue weighted by atomic mass is 32.2. The number of hydrogen-bond acceptors (Lipinski definition) is 3. The van der Waals surface area contributed by atoms with E-state index in [2.05, 4.69) is 0 Å². The summed E-state index contributed by atoms with van der Waals surface area (Å²) in [5.74, 6) is -1.53. The van der Waals surface area contributed by atoms with Crippen molar-refractivity contribution in [2.24, 2.45) is 0 Å². The number of sulfone groups is 1. The van der Waals surface area contributed by atoms with Crippen molar-refractivity contribution in [3.63, 3.8) is 0 Å². The third kappa shape index (κ3) is 1.89. The standard InChI is InChI=1S/C13H14F2O3S/c14-8-1-4-11(12(15)5-8)13(16)6-9-2-3-10(7-13)19(9,17)18/h1,4-5,9-10,16H,2-3,6-7H2. The van der Waals surface area contributed by atoms with E-state index in [0.29, 0.717) is 12.8 Å². The Hall–Kier alpha value is -1.01. The van der Waals surface area contributed by atoms with Gasteiger partial charge < -0.3 is 5.11 Å². The number of benzene rings is 1. The van der Waals surface area contributed by atoms with Gasteiger partial charge in [0.15, 0.2) is 9.84 Å². The lowest BCUT2D eigenvalue weighted by Gasteiger charge is -2.36. The van der Waals surface area contributed by atoms with Crippen LogP contribution in [0.25, 0.3) is 0 Å². The topological polar surface area (TPSA) is 54.4 Å². The van der Waals surface area contributed by atoms with E-state index in [1.807, 2.05) is 0 Å². The Balaban J connectivity index is 2.02. The van der Waals surface area contributed by atoms with Gasteiger partial charge in [-0.25, -0.2) is 17.2 Å². The first-order valence-corrected chi connectivity index (χ1v) is 7.84. The highest BCUT2D eigenvalue weighted by Gasteiger charge is 2.53. The van der Waals surface area contributed by atoms with Gasteiger partial charge in [-0.15, -0.1) is 0 Å². The fourth-order valence-electron chi connectivity index (χ4n) is 3.33. The quantitative estimate of drug-likeness (QED) is 0.858. The fourth-order valence-corrected chi connectivity index (χ4v) is 5.82. The van der Waals surface area contributed by atoms with Crippen molar-refractivity contribution in [3.8, 4) is 0 Å². The molecule has 1 aromatic rings. The molecule has 104 valence electrons. The molecule has 3 nitrogen and oxygen atoms in total. The predicted molar refractivity (Wildman–Crippen MR) is 65.2 cm³/mol. The molecule has 6 heteroatoms. The van der Waals surface area contributed by atoms with Crippen molar-refractivity contribution in [1.82, 2.24) is 0 Å². The molecule has 2 saturated heterocycles. The van der Waals surface area contributed by atoms with E-state index in [4.69, 9.17) is 0 Å². The van der Waals surface area contributed by atoms with E-state index in [9.17, 15) is 22.3 Å². The zero-order chi connectivity index (χ0) is 13.8. The van der Waals surface area contributed by atoms with Crippen molar-refractivity contribution in [2.75, 3.05) is 0 Å². The fraction of sp³-hybridized carbons (Fsp3) is 0.538. The Morgan fingerprint density at radius 1 is 1.16 bits per heavy atom. The van der Waals surface area contributed by atoms with E-state index in [0.717, 1.165) is 12.1 Å². The van der Waals surface area contributed by atoms with Crippen LogP contribution in [0.2, 0.25) is 0 Å². The van der Waals surface area contributed by atoms with Gasteiger partial charge in [0, 0.05) is 11.6 Å². The Morgan fingerprint density at radius 3 is 2.26 bits per heavy atom. The molecule has 19 heavy (non-hydrogen) atoms. The van der Waals surface area contributed by atoms with Crippen molar-refractivity contribution in [2.45, 2.75) is 41.8 Å². The summed E-state index contributed by atoms with van der Waals surface area (Å²) in [4.78, 5) is 0. The van der Waals surface area contributed by atoms with Gasteiger partial charge in [0.25, 0.3) is 0 Å². The second-order valence-electron chi connectivity index (χ2n) is 5.47. The van der Waals surface area contributed by atoms with Crippen LogP contribution in [0.5, 0.6) is 0 Å². The molecule has 0 amide bonds. The van der Waals surface area contributed by atoms with E-state index < -0.39 is 37.6 Å². The number of aliphatic hydroxyl groups is 1. The normalized spacial score (nSPS) is 36.4. The van der Waals surface area contributed by atoms with Crippen LogP contribution in [-0.4, -0.2) is 24.0 Å². The van der Waals surface area contributed by atoms with Crippen LogP contribution in [0, 0.1) is 11.6 Å². The molecule has 0 aliphatic carbocycles. The van der Waals surface area contributed by atoms with Gasteiger partial charge in [-0.1, -0.05) is 6.07 Å². The second-order valence-corrected chi connectivity index (χ2v) is 7.99. The number of hydrogen-bond donors (Lipinski definition) is 1. The van der Waals surface area contributed by atoms with E-state index in [1.165, 1.54) is 6.07 Å². The Labute approximate surface area is 110 Å². The average molecular weight is 288 g/mol. The molecule has 1 aromatic carbocycles. The number of halogens is 2. The average Bonchev–Trinajstić information content (AvgIpc) is 2.50. The summed E-state index contributed by atoms with van der Waals surface area (Å²) in [5.41, 5.74) is -1.50. The highest BCUT2D eigenvalue weighted by molar-refractivity contribution is 7.93. The SMILES string of the molecule is O=S1(=O)C2CCC1CC(O)(c1ccc(F)cc1F)C2. The smallest absolute Gasteiger partial charge is 0.156 e. The van der Waals surface area contributed by atoms with Gasteiger partial charge in [-0.2, -0.15) is 0 Å². The molecule has 2 heterocycles. The number of fused-ring (bicyclic) bond motifs is 2. The zero-order valence-electron chi connectivity index (χ0n) is 10.1. The monoisotopic (exact) mass is 288 g/mol. The molecule has 2 atom stereocenters. The number of rotatable bonds is 1. The first kappa shape index (κ1) is 13.0. The van der Waals surface area contributed by atoms with Crippen LogP contribution in [0.1, 0.15) is 31.2 Å². The third-order valence-electron chi connectivity index (χ3n) is 4.30. The maximum Gasteiger partial charge on any atom is 0.156 e. The predicted octanol–water partition coefficient (Wildman–Crippen LogP) is 1.89. The summed E-state index contributed by atoms with van der Waals surface area (Å²) in [5, 5.41) is 9.38. The van der Waals surface area contributed by atoms with Crippen molar-refractivity contribution in [3.05, 3.63) is 35.4 Å². The molecule has 2 fully saturated rings. The third-order valence-corrected chi connectivity index (χ3v) is 6.97. The maximum absolute atomic E-state index is 13.8. The van der Waals surface area contributed by atoms with Gasteiger partial charge in [0.1, 0.15) is 11.6 Å². The van der Waals surface area contributed by atoms with Crippen LogP contribution < -0.4 is 0 Å². The molecule has 0 radical (unpaired) electrons. The van der Waals surface area contributed by atoms with Gasteiger partial charge in [-0.05, 0) is 31.7 Å². The molecular weight excluding hydrogens is 274 g/mol. The minimum Gasteiger partial charge on any atom is -0.385 e. The largest absolute Gasteiger partial charge is 0.385 e. The summed E-state index contributed by atoms with van der Waals surface area (Å²) >= 11 is 0. The van der Waals surface area contributed by atoms with E-state index in [-0.39, 0.29) is 18.4 Å². The Morgan fingerprint density at radius 2 is 1.74 bits per heavy atom. The summed E-state index contributed by atoms with van der Waals surface area (Å²) < 4.78 is 50.6. The molecular formula is C13H14F2O3S. The molecule has 0 spiro atoms. The zero-order valence-corrected chi connectivity index (χ0v) is 11.0. The lowest BCUT2D eigenvalue weighted by atomic mass is 9.85. The lowest BCUT2D eigenvalue weighted by Crippen LogP contribution is -2.43. The van der Waals surface area contributed by atoms with Gasteiger partial charge >= 0.3 is 0 Å². The molecule has 2 bridgehead atoms. The van der Waals surface area contributed by atoms with Crippen LogP contribution in [0.4, 0.5) is 8.78 Å². The van der Waals surface area contributed by atoms with Gasteiger partial charge in [-0.3, -0.25) is 0 Å². The minimum absolute atomic E-state index is 0.000648. The molecule has 0 aromatic heterocycles. The molecule has 2 aliphatic rings. The van der Waals surface area contributed by atoms with E-state index >= 15 is 0 Å². The molecule has 1 N–H and O–H groups in total. The van der Waals surface area contributed by atoms with Gasteiger partial charge in [0.2, 0.25) is 0 Å². The lowest BCUT2D eigenvalue weighted by molar-refractivity contribution is 0.0139. The summed E-state index contributed by atoms with van der Waals surface area (Å²) in [6, 6.07) is 3.02. The second kappa shape index (κ2) is 3.99. The Bertz CT molecular complexity index is 607. The first-order valence-electron chi connectivity index (χ1n) is 6.23. The maximum atomic E-state index is 13.8. The molecule has 0 saturated carbocycles. The van der Waals surface area contributed by atoms with Gasteiger partial charge in [0.05, 0.1) is 16.1 Å². The highest BCUT2D eigenvalue weighted by Crippen LogP contribution is 2.48. The molecule has 3 rings (SSSR count). The Kier molecular flexibility index (Phi) is 2.73. The van der Waals surface area contributed by atoms with Crippen LogP contribution >= 0.6 is 0 Å². The summed E-state index contributed by atoms with van der Waals surface area (Å²) in [6.45, 7) is 0. The van der Waals surface area contributed by atoms with Crippen molar-refractivity contribution >= 4 is 9.84 Å². The van der Waals surface area contributed by atoms with Crippen molar-refractivity contribution in [1.29, 1.82) is 0 Å².